The van der Waals surface area contributed by atoms with Crippen LogP contribution in [0.3, 0.4) is 0 Å². The number of carbonyl (C=O) groups excluding carboxylic acids is 4. The van der Waals surface area contributed by atoms with Gasteiger partial charge in [-0.2, -0.15) is 0 Å². The molecular weight excluding hydrogens is 1380 g/mol. The summed E-state index contributed by atoms with van der Waals surface area (Å²) in [6.07, 6.45) is 70.7. The highest BCUT2D eigenvalue weighted by molar-refractivity contribution is 7.47. The van der Waals surface area contributed by atoms with Crippen LogP contribution in [-0.4, -0.2) is 96.7 Å². The van der Waals surface area contributed by atoms with E-state index >= 15 is 0 Å². The van der Waals surface area contributed by atoms with Crippen LogP contribution in [0.15, 0.2) is 0 Å². The quantitative estimate of drug-likeness (QED) is 0.0222. The van der Waals surface area contributed by atoms with Crippen molar-refractivity contribution in [1.82, 2.24) is 0 Å². The average molecular weight is 1550 g/mol. The molecule has 5 atom stereocenters. The van der Waals surface area contributed by atoms with Crippen molar-refractivity contribution >= 4 is 39.5 Å². The number of hydrogen-bond acceptors (Lipinski definition) is 15. The number of aliphatic hydroxyl groups excluding tert-OH is 1. The normalized spacial score (nSPS) is 13.8. The fourth-order valence-electron chi connectivity index (χ4n) is 13.6. The fourth-order valence-corrected chi connectivity index (χ4v) is 15.2. The maximum atomic E-state index is 13.2. The zero-order valence-corrected chi connectivity index (χ0v) is 71.5. The monoisotopic (exact) mass is 1550 g/mol. The second-order valence-corrected chi connectivity index (χ2v) is 35.1. The van der Waals surface area contributed by atoms with Crippen LogP contribution in [0.1, 0.15) is 465 Å². The van der Waals surface area contributed by atoms with Crippen LogP contribution >= 0.6 is 15.6 Å². The Morgan fingerprint density at radius 2 is 0.434 bits per heavy atom. The molecule has 3 N–H and O–H groups in total. The first kappa shape index (κ1) is 104. The third kappa shape index (κ3) is 80.1. The number of carbonyl (C=O) groups is 4. The topological polar surface area (TPSA) is 237 Å². The van der Waals surface area contributed by atoms with Crippen molar-refractivity contribution in [3.05, 3.63) is 0 Å². The zero-order valence-electron chi connectivity index (χ0n) is 69.7. The molecule has 0 aliphatic rings. The molecule has 0 radical (unpaired) electrons. The molecule has 0 saturated carbocycles. The van der Waals surface area contributed by atoms with Gasteiger partial charge in [-0.25, -0.2) is 9.13 Å². The molecule has 0 bridgehead atoms. The second kappa shape index (κ2) is 78.3. The highest BCUT2D eigenvalue weighted by atomic mass is 31.2. The molecule has 0 fully saturated rings. The van der Waals surface area contributed by atoms with Crippen LogP contribution in [-0.2, 0) is 65.4 Å². The Morgan fingerprint density at radius 3 is 0.642 bits per heavy atom. The van der Waals surface area contributed by atoms with Crippen molar-refractivity contribution in [2.45, 2.75) is 484 Å². The molecule has 0 rings (SSSR count). The van der Waals surface area contributed by atoms with E-state index in [9.17, 15) is 43.2 Å². The molecule has 0 spiro atoms. The van der Waals surface area contributed by atoms with Gasteiger partial charge in [0.25, 0.3) is 0 Å². The number of esters is 4. The van der Waals surface area contributed by atoms with Gasteiger partial charge in [0, 0.05) is 25.7 Å². The molecule has 19 heteroatoms. The minimum absolute atomic E-state index is 0.108. The van der Waals surface area contributed by atoms with Gasteiger partial charge >= 0.3 is 39.5 Å². The summed E-state index contributed by atoms with van der Waals surface area (Å²) in [6, 6.07) is 0. The Labute approximate surface area is 651 Å². The van der Waals surface area contributed by atoms with Crippen LogP contribution in [0, 0.1) is 11.8 Å². The predicted octanol–water partition coefficient (Wildman–Crippen LogP) is 26.6. The summed E-state index contributed by atoms with van der Waals surface area (Å²) in [5, 5.41) is 10.7. The lowest BCUT2D eigenvalue weighted by Crippen LogP contribution is -2.30. The van der Waals surface area contributed by atoms with Crippen molar-refractivity contribution < 1.29 is 80.2 Å². The van der Waals surface area contributed by atoms with E-state index in [2.05, 4.69) is 41.5 Å². The Kier molecular flexibility index (Phi) is 76.9. The van der Waals surface area contributed by atoms with Gasteiger partial charge in [0.15, 0.2) is 12.2 Å². The highest BCUT2D eigenvalue weighted by Crippen LogP contribution is 2.45. The van der Waals surface area contributed by atoms with Gasteiger partial charge in [-0.3, -0.25) is 37.3 Å². The van der Waals surface area contributed by atoms with E-state index in [0.717, 1.165) is 102 Å². The van der Waals surface area contributed by atoms with Crippen molar-refractivity contribution in [1.29, 1.82) is 0 Å². The molecule has 630 valence electrons. The van der Waals surface area contributed by atoms with Crippen LogP contribution in [0.25, 0.3) is 0 Å². The van der Waals surface area contributed by atoms with Gasteiger partial charge in [-0.05, 0) is 37.5 Å². The Bertz CT molecular complexity index is 2030. The number of phosphoric ester groups is 2. The number of rotatable bonds is 86. The molecule has 17 nitrogen and oxygen atoms in total. The van der Waals surface area contributed by atoms with E-state index in [-0.39, 0.29) is 25.7 Å². The fraction of sp³-hybridized carbons (Fsp3) is 0.954. The standard InChI is InChI=1S/C87H170O17P2/c1-7-9-11-13-15-17-19-21-22-23-24-25-26-27-28-34-41-47-53-59-65-71-86(91)103-82(76-98-85(90)70-64-58-52-46-40-33-30-29-32-37-43-49-55-61-67-79(3)4)77-101-105(93,94)99-73-81(88)74-100-106(95,96)102-78-83(75-97-84(89)69-63-57-51-45-39-31-20-18-16-14-12-10-8-2)104-87(92)72-66-60-54-48-42-36-35-38-44-50-56-62-68-80(5)6/h79-83,88H,7-78H2,1-6H3,(H,93,94)(H,95,96)/t81-,82-,83-/m1/s1. The molecule has 2 unspecified atom stereocenters. The van der Waals surface area contributed by atoms with Gasteiger partial charge < -0.3 is 33.8 Å². The Morgan fingerprint density at radius 1 is 0.255 bits per heavy atom. The van der Waals surface area contributed by atoms with Crippen molar-refractivity contribution in [3.8, 4) is 0 Å². The lowest BCUT2D eigenvalue weighted by Gasteiger charge is -2.21. The zero-order chi connectivity index (χ0) is 77.8. The smallest absolute Gasteiger partial charge is 0.462 e. The molecule has 0 aromatic carbocycles. The van der Waals surface area contributed by atoms with Crippen LogP contribution in [0.4, 0.5) is 0 Å². The molecule has 0 aliphatic carbocycles. The number of hydrogen-bond donors (Lipinski definition) is 3. The van der Waals surface area contributed by atoms with E-state index < -0.39 is 97.5 Å². The molecule has 106 heavy (non-hydrogen) atoms. The summed E-state index contributed by atoms with van der Waals surface area (Å²) in [6.45, 7) is 9.71. The van der Waals surface area contributed by atoms with Crippen molar-refractivity contribution in [2.75, 3.05) is 39.6 Å². The highest BCUT2D eigenvalue weighted by Gasteiger charge is 2.30. The van der Waals surface area contributed by atoms with Crippen LogP contribution in [0.2, 0.25) is 0 Å². The second-order valence-electron chi connectivity index (χ2n) is 32.2. The van der Waals surface area contributed by atoms with E-state index in [1.807, 2.05) is 0 Å². The minimum atomic E-state index is -4.97. The first-order chi connectivity index (χ1) is 51.4. The van der Waals surface area contributed by atoms with Gasteiger partial charge in [-0.1, -0.05) is 414 Å². The average Bonchev–Trinajstić information content (AvgIpc) is 0.900. The van der Waals surface area contributed by atoms with Gasteiger partial charge in [-0.15, -0.1) is 0 Å². The van der Waals surface area contributed by atoms with Gasteiger partial charge in [0.1, 0.15) is 19.3 Å². The first-order valence-electron chi connectivity index (χ1n) is 45.0. The molecule has 0 aromatic heterocycles. The summed E-state index contributed by atoms with van der Waals surface area (Å²) < 4.78 is 69.0. The molecular formula is C87H170O17P2. The number of ether oxygens (including phenoxy) is 4. The number of unbranched alkanes of at least 4 members (excludes halogenated alkanes) is 56. The molecule has 0 amide bonds. The van der Waals surface area contributed by atoms with E-state index in [4.69, 9.17) is 37.0 Å². The van der Waals surface area contributed by atoms with E-state index in [0.29, 0.717) is 25.7 Å². The SMILES string of the molecule is CCCCCCCCCCCCCCCCCCCCCCCC(=O)O[C@H](COC(=O)CCCCCCCCCCCCCCCCC(C)C)COP(=O)(O)OC[C@@H](O)COP(=O)(O)OC[C@@H](COC(=O)CCCCCCCCCCCCCCC)OC(=O)CCCCCCCCCCCCCCC(C)C. The molecule has 0 saturated heterocycles. The molecule has 0 heterocycles. The van der Waals surface area contributed by atoms with Crippen LogP contribution < -0.4 is 0 Å². The lowest BCUT2D eigenvalue weighted by atomic mass is 10.0. The predicted molar refractivity (Wildman–Crippen MR) is 437 cm³/mol. The largest absolute Gasteiger partial charge is 0.472 e. The molecule has 0 aliphatic heterocycles. The van der Waals surface area contributed by atoms with E-state index in [1.165, 1.54) is 283 Å². The summed E-state index contributed by atoms with van der Waals surface area (Å²) in [4.78, 5) is 73.3. The summed E-state index contributed by atoms with van der Waals surface area (Å²) in [7, 11) is -9.93. The Hall–Kier alpha value is -1.94. The lowest BCUT2D eigenvalue weighted by molar-refractivity contribution is -0.161. The third-order valence-corrected chi connectivity index (χ3v) is 22.4. The van der Waals surface area contributed by atoms with Crippen molar-refractivity contribution in [3.63, 3.8) is 0 Å². The Balaban J connectivity index is 5.25. The maximum Gasteiger partial charge on any atom is 0.472 e. The van der Waals surface area contributed by atoms with Gasteiger partial charge in [0.05, 0.1) is 26.4 Å². The van der Waals surface area contributed by atoms with Gasteiger partial charge in [0.2, 0.25) is 0 Å². The molecule has 0 aromatic rings. The summed E-state index contributed by atoms with van der Waals surface area (Å²) >= 11 is 0. The van der Waals surface area contributed by atoms with Crippen LogP contribution in [0.5, 0.6) is 0 Å². The minimum Gasteiger partial charge on any atom is -0.462 e. The number of phosphoric acid groups is 2. The van der Waals surface area contributed by atoms with E-state index in [1.54, 1.807) is 0 Å². The number of aliphatic hydroxyl groups is 1. The first-order valence-corrected chi connectivity index (χ1v) is 48.0. The maximum absolute atomic E-state index is 13.2. The summed E-state index contributed by atoms with van der Waals surface area (Å²) in [5.74, 6) is -0.523. The third-order valence-electron chi connectivity index (χ3n) is 20.5. The van der Waals surface area contributed by atoms with Crippen molar-refractivity contribution in [2.24, 2.45) is 11.8 Å². The summed E-state index contributed by atoms with van der Waals surface area (Å²) in [5.41, 5.74) is 0.